The number of hydrogen-bond donors (Lipinski definition) is 4. The quantitative estimate of drug-likeness (QED) is 0.0153. The molecule has 2 aliphatic rings. The molecule has 0 aliphatic heterocycles. The van der Waals surface area contributed by atoms with Crippen LogP contribution in [0.25, 0.3) is 11.1 Å². The fourth-order valence-electron chi connectivity index (χ4n) is 13.8. The number of rotatable bonds is 28. The third kappa shape index (κ3) is 29.5. The van der Waals surface area contributed by atoms with Crippen LogP contribution in [-0.2, 0) is 66.7 Å². The molecular weight excluding hydrogens is 1670 g/mol. The number of ether oxygens (including phenoxy) is 1. The van der Waals surface area contributed by atoms with E-state index in [0.717, 1.165) is 142 Å². The number of allylic oxidation sites excluding steroid dienone is 10. The molecule has 20 nitrogen and oxygen atoms in total. The van der Waals surface area contributed by atoms with Gasteiger partial charge in [0.25, 0.3) is 10.1 Å². The molecule has 10 aromatic rings. The van der Waals surface area contributed by atoms with Crippen molar-refractivity contribution in [1.29, 1.82) is 0 Å². The smallest absolute Gasteiger partial charge is 0.744 e. The Labute approximate surface area is 775 Å². The van der Waals surface area contributed by atoms with Crippen LogP contribution in [0.4, 0.5) is 28.4 Å². The zero-order chi connectivity index (χ0) is 87.8. The predicted molar refractivity (Wildman–Crippen MR) is 484 cm³/mol. The molecule has 0 saturated heterocycles. The molecule has 0 unspecified atom stereocenters. The van der Waals surface area contributed by atoms with Crippen molar-refractivity contribution < 1.29 is 130 Å². The second-order valence-electron chi connectivity index (χ2n) is 28.9. The molecule has 0 amide bonds. The van der Waals surface area contributed by atoms with Gasteiger partial charge in [-0.25, -0.2) is 34.4 Å². The molecule has 0 bridgehead atoms. The van der Waals surface area contributed by atoms with E-state index in [0.29, 0.717) is 70.6 Å². The predicted octanol–water partition coefficient (Wildman–Crippen LogP) is 12.8. The summed E-state index contributed by atoms with van der Waals surface area (Å²) in [5.74, 6) is 0.814. The Morgan fingerprint density at radius 2 is 0.894 bits per heavy atom. The minimum atomic E-state index is -4.57. The fourth-order valence-corrected chi connectivity index (χ4v) is 16.1. The van der Waals surface area contributed by atoms with Crippen LogP contribution in [0.2, 0.25) is 5.02 Å². The number of nitrogen functional groups attached to an aromatic ring is 1. The van der Waals surface area contributed by atoms with E-state index in [1.165, 1.54) is 54.1 Å². The molecule has 2 aliphatic carbocycles. The summed E-state index contributed by atoms with van der Waals surface area (Å²) in [4.78, 5) is 3.39. The van der Waals surface area contributed by atoms with Gasteiger partial charge in [-0.2, -0.15) is 8.42 Å². The molecule has 5 N–H and O–H groups in total. The Morgan fingerprint density at radius 1 is 0.480 bits per heavy atom. The maximum absolute atomic E-state index is 11.8. The van der Waals surface area contributed by atoms with Gasteiger partial charge in [-0.15, -0.1) is 0 Å². The van der Waals surface area contributed by atoms with E-state index < -0.39 is 40.5 Å². The van der Waals surface area contributed by atoms with Crippen molar-refractivity contribution in [2.24, 2.45) is 0 Å². The minimum absolute atomic E-state index is 0. The number of benzene rings is 10. The minimum Gasteiger partial charge on any atom is -0.744 e. The topological polar surface area (TPSA) is 306 Å². The van der Waals surface area contributed by atoms with Crippen LogP contribution >= 0.6 is 11.6 Å². The fraction of sp³-hybridized carbons (Fsp3) is 0.229. The molecule has 0 fully saturated rings. The van der Waals surface area contributed by atoms with Gasteiger partial charge in [0.15, 0.2) is 24.5 Å². The molecule has 634 valence electrons. The molecule has 0 radical (unpaired) electrons. The Kier molecular flexibility index (Phi) is 38.8. The van der Waals surface area contributed by atoms with Crippen molar-refractivity contribution in [3.05, 3.63) is 356 Å². The molecular formula is C96H104ClN6Na2O14S4+. The average Bonchev–Trinajstić information content (AvgIpc) is 0.780. The molecule has 0 heterocycles. The zero-order valence-electron chi connectivity index (χ0n) is 71.6. The van der Waals surface area contributed by atoms with Crippen LogP contribution in [0.1, 0.15) is 123 Å². The number of nitrogens with zero attached hydrogens (tertiary/aromatic N) is 4. The van der Waals surface area contributed by atoms with Gasteiger partial charge in [-0.3, -0.25) is 4.55 Å². The summed E-state index contributed by atoms with van der Waals surface area (Å²) in [6.07, 6.45) is 16.6. The van der Waals surface area contributed by atoms with Gasteiger partial charge < -0.3 is 44.4 Å². The van der Waals surface area contributed by atoms with Crippen LogP contribution in [0.3, 0.4) is 0 Å². The van der Waals surface area contributed by atoms with Crippen LogP contribution in [0.15, 0.2) is 309 Å². The molecule has 123 heavy (non-hydrogen) atoms. The SMILES string of the molecule is CCCCO.CCN(Cc1cccc(S(=O)(=O)[O-])c1)c1ccc(/C(=C2\C=CC(=[N+](CC)Cc3cccc(S(=O)(=O)[O-])c3)C=C2C)c2ccc(Cl)cc2)c(C)c1.CCOc1ccc(Nc2ccc(C(=C3C=CC(=[N+](CC)Cc4cccc(S(=O)(=O)O)c4)C=C3)c3ccc(N(CC)Cc4cccc(S(=O)(=O)[O-])c4)cc3C)cc2)cc1.Cc1ccc(N)cc1.[Na+].[Na+]. The largest absolute Gasteiger partial charge is 1.00 e. The van der Waals surface area contributed by atoms with Gasteiger partial charge in [-0.05, 0) is 293 Å². The summed E-state index contributed by atoms with van der Waals surface area (Å²) in [6, 6.07) is 69.0. The van der Waals surface area contributed by atoms with Crippen molar-refractivity contribution in [2.75, 3.05) is 60.2 Å². The molecule has 10 aromatic carbocycles. The van der Waals surface area contributed by atoms with E-state index in [2.05, 4.69) is 155 Å². The van der Waals surface area contributed by atoms with E-state index in [4.69, 9.17) is 27.2 Å². The second kappa shape index (κ2) is 47.3. The van der Waals surface area contributed by atoms with Gasteiger partial charge in [0.1, 0.15) is 49.2 Å². The van der Waals surface area contributed by atoms with E-state index in [1.807, 2.05) is 139 Å². The van der Waals surface area contributed by atoms with Crippen LogP contribution in [0, 0.1) is 20.8 Å². The Balaban J connectivity index is 0.000000292. The first-order valence-electron chi connectivity index (χ1n) is 39.8. The van der Waals surface area contributed by atoms with E-state index in [9.17, 15) is 51.9 Å². The average molecular weight is 1780 g/mol. The molecule has 0 saturated carbocycles. The zero-order valence-corrected chi connectivity index (χ0v) is 79.7. The Morgan fingerprint density at radius 3 is 1.30 bits per heavy atom. The summed E-state index contributed by atoms with van der Waals surface area (Å²) in [6.45, 7) is 25.7. The summed E-state index contributed by atoms with van der Waals surface area (Å²) in [7, 11) is -18.0. The maximum atomic E-state index is 11.8. The first-order valence-corrected chi connectivity index (χ1v) is 45.8. The number of nitrogens with one attached hydrogen (secondary N) is 1. The summed E-state index contributed by atoms with van der Waals surface area (Å²) in [5.41, 5.74) is 27.4. The number of hydrogen-bond acceptors (Lipinski definition) is 17. The van der Waals surface area contributed by atoms with Gasteiger partial charge in [0.05, 0.1) is 26.2 Å². The second-order valence-corrected chi connectivity index (χ2v) is 34.9. The number of aliphatic hydroxyl groups excluding tert-OH is 1. The monoisotopic (exact) mass is 1770 g/mol. The summed E-state index contributed by atoms with van der Waals surface area (Å²) in [5, 5.41) is 12.2. The molecule has 27 heteroatoms. The molecule has 0 atom stereocenters. The summed E-state index contributed by atoms with van der Waals surface area (Å²) >= 11 is 6.29. The van der Waals surface area contributed by atoms with Gasteiger partial charge in [0, 0.05) is 102 Å². The van der Waals surface area contributed by atoms with Gasteiger partial charge in [0.2, 0.25) is 0 Å². The number of aliphatic hydroxyl groups is 1. The van der Waals surface area contributed by atoms with E-state index in [-0.39, 0.29) is 78.7 Å². The standard InChI is InChI=1S/C46H47N3O7S2.C39H39ClN2O6S2.C7H9N.C4H10O.2Na/c1-5-48(31-34-10-8-12-43(29-34)57(50,51)52)40-22-16-37(17-23-40)46(36-14-18-38(19-15-36)47-39-20-25-42(26-21-39)56-7-3)45-27-24-41(28-33(45)4)49(6-2)32-35-11-9-13-44(30-35)58(53,54)55;1-5-41(25-29-9-7-11-35(23-29)49(43,44)45)33-17-19-37(27(3)21-33)39(31-13-15-32(40)16-14-31)38-20-18-34(22-28(38)4)42(6-2)26-30-10-8-12-36(24-30)50(46,47)48;1-6-2-4-7(8)5-3-6;1-2-3-4-5;;/h8-30H,5-7,31-32H2,1-4H3,(H2,50,51,52,53,54,55);7-24H,5-6,25-26H2,1-4H3,(H-,43,44,45,46,47,48);2-5H,8H2,1H3;5H,2-4H2,1H3;;/q;;;;2*+1/p-1. The molecule has 0 spiro atoms. The van der Waals surface area contributed by atoms with Gasteiger partial charge >= 0.3 is 59.1 Å². The van der Waals surface area contributed by atoms with Gasteiger partial charge in [-0.1, -0.05) is 128 Å². The number of unbranched alkanes of at least 4 members (excludes halogenated alkanes) is 1. The molecule has 12 rings (SSSR count). The normalized spacial score (nSPS) is 13.2. The number of aryl methyl sites for hydroxylation is 3. The van der Waals surface area contributed by atoms with Crippen molar-refractivity contribution in [1.82, 2.24) is 0 Å². The van der Waals surface area contributed by atoms with Crippen molar-refractivity contribution in [3.8, 4) is 5.75 Å². The maximum Gasteiger partial charge on any atom is 1.00 e. The summed E-state index contributed by atoms with van der Waals surface area (Å²) < 4.78 is 148. The first kappa shape index (κ1) is 101. The van der Waals surface area contributed by atoms with Crippen LogP contribution in [-0.4, -0.2) is 117 Å². The van der Waals surface area contributed by atoms with Crippen molar-refractivity contribution in [2.45, 2.75) is 128 Å². The van der Waals surface area contributed by atoms with E-state index >= 15 is 0 Å². The van der Waals surface area contributed by atoms with Crippen molar-refractivity contribution in [3.63, 3.8) is 0 Å². The Hall–Kier alpha value is -9.13. The molecule has 0 aromatic heterocycles. The third-order valence-corrected chi connectivity index (χ3v) is 23.8. The third-order valence-electron chi connectivity index (χ3n) is 20.2. The number of nitrogens with two attached hydrogens (primary N) is 1. The first-order chi connectivity index (χ1) is 57.6. The Bertz CT molecular complexity index is 6040. The van der Waals surface area contributed by atoms with Crippen molar-refractivity contribution >= 4 is 103 Å². The van der Waals surface area contributed by atoms with E-state index in [1.54, 1.807) is 24.3 Å². The number of anilines is 5. The number of halogens is 1. The van der Waals surface area contributed by atoms with Crippen LogP contribution < -0.4 is 84.7 Å². The van der Waals surface area contributed by atoms with Crippen LogP contribution in [0.5, 0.6) is 5.75 Å².